The molecule has 1 saturated heterocycles. The molecule has 6 heteroatoms. The van der Waals surface area contributed by atoms with Gasteiger partial charge in [0, 0.05) is 56.1 Å². The Kier molecular flexibility index (Phi) is 6.34. The summed E-state index contributed by atoms with van der Waals surface area (Å²) in [5.41, 5.74) is 2.97. The summed E-state index contributed by atoms with van der Waals surface area (Å²) < 4.78 is 5.64. The summed E-state index contributed by atoms with van der Waals surface area (Å²) in [7, 11) is 2.09. The molecule has 0 radical (unpaired) electrons. The number of oxazole rings is 1. The molecule has 2 aromatic heterocycles. The molecule has 0 amide bonds. The van der Waals surface area contributed by atoms with Crippen LogP contribution >= 0.6 is 0 Å². The molecule has 1 N–H and O–H groups in total. The first-order valence-electron chi connectivity index (χ1n) is 10.2. The van der Waals surface area contributed by atoms with Crippen LogP contribution in [0, 0.1) is 0 Å². The van der Waals surface area contributed by atoms with E-state index in [1.54, 1.807) is 6.26 Å². The van der Waals surface area contributed by atoms with Crippen LogP contribution in [0.3, 0.4) is 0 Å². The molecule has 6 nitrogen and oxygen atoms in total. The first-order chi connectivity index (χ1) is 14.2. The van der Waals surface area contributed by atoms with Gasteiger partial charge in [-0.05, 0) is 37.7 Å². The predicted octanol–water partition coefficient (Wildman–Crippen LogP) is 2.85. The van der Waals surface area contributed by atoms with Gasteiger partial charge in [0.2, 0.25) is 5.89 Å². The van der Waals surface area contributed by atoms with Crippen molar-refractivity contribution in [3.8, 4) is 11.5 Å². The molecule has 1 fully saturated rings. The molecule has 0 bridgehead atoms. The number of aliphatic hydroxyl groups excluding tert-OH is 1. The molecular weight excluding hydrogens is 364 g/mol. The average molecular weight is 393 g/mol. The Morgan fingerprint density at radius 1 is 1.14 bits per heavy atom. The van der Waals surface area contributed by atoms with E-state index < -0.39 is 0 Å². The molecule has 3 heterocycles. The quantitative estimate of drug-likeness (QED) is 0.667. The highest BCUT2D eigenvalue weighted by Gasteiger charge is 2.30. The zero-order valence-electron chi connectivity index (χ0n) is 16.8. The van der Waals surface area contributed by atoms with E-state index in [1.807, 2.05) is 48.7 Å². The second-order valence-corrected chi connectivity index (χ2v) is 7.72. The molecule has 0 saturated carbocycles. The third-order valence-corrected chi connectivity index (χ3v) is 5.60. The van der Waals surface area contributed by atoms with Crippen molar-refractivity contribution in [2.45, 2.75) is 31.5 Å². The van der Waals surface area contributed by atoms with Crippen molar-refractivity contribution in [3.63, 3.8) is 0 Å². The summed E-state index contributed by atoms with van der Waals surface area (Å²) in [6.45, 7) is 3.16. The Bertz CT molecular complexity index is 884. The Balaban J connectivity index is 1.28. The largest absolute Gasteiger partial charge is 0.444 e. The highest BCUT2D eigenvalue weighted by Crippen LogP contribution is 2.21. The number of aliphatic hydroxyl groups is 1. The van der Waals surface area contributed by atoms with Crippen molar-refractivity contribution < 1.29 is 9.52 Å². The summed E-state index contributed by atoms with van der Waals surface area (Å²) in [5.74, 6) is 0.644. The zero-order valence-corrected chi connectivity index (χ0v) is 16.8. The third kappa shape index (κ3) is 5.09. The van der Waals surface area contributed by atoms with Gasteiger partial charge in [-0.25, -0.2) is 4.98 Å². The van der Waals surface area contributed by atoms with Gasteiger partial charge in [-0.2, -0.15) is 0 Å². The molecule has 0 aliphatic carbocycles. The van der Waals surface area contributed by atoms with Crippen molar-refractivity contribution in [1.82, 2.24) is 19.8 Å². The number of β-amino-alcohol motifs (C(OH)–C–C–N with tert-alkyl or cyclic N) is 1. The van der Waals surface area contributed by atoms with E-state index in [0.717, 1.165) is 42.9 Å². The summed E-state index contributed by atoms with van der Waals surface area (Å²) >= 11 is 0. The van der Waals surface area contributed by atoms with Crippen molar-refractivity contribution in [3.05, 3.63) is 72.4 Å². The number of hydrogen-bond acceptors (Lipinski definition) is 6. The van der Waals surface area contributed by atoms with Crippen LogP contribution in [0.1, 0.15) is 17.8 Å². The average Bonchev–Trinajstić information content (AvgIpc) is 3.22. The molecule has 4 rings (SSSR count). The zero-order chi connectivity index (χ0) is 20.1. The van der Waals surface area contributed by atoms with E-state index in [0.29, 0.717) is 19.0 Å². The Morgan fingerprint density at radius 2 is 1.97 bits per heavy atom. The molecule has 1 aliphatic heterocycles. The van der Waals surface area contributed by atoms with Crippen LogP contribution in [0.5, 0.6) is 0 Å². The first kappa shape index (κ1) is 19.8. The van der Waals surface area contributed by atoms with Gasteiger partial charge in [-0.1, -0.05) is 24.3 Å². The van der Waals surface area contributed by atoms with Crippen molar-refractivity contribution in [2.24, 2.45) is 0 Å². The fourth-order valence-corrected chi connectivity index (χ4v) is 3.97. The summed E-state index contributed by atoms with van der Waals surface area (Å²) in [4.78, 5) is 13.5. The molecule has 0 spiro atoms. The number of nitrogens with zero attached hydrogens (tertiary/aromatic N) is 4. The molecule has 1 aliphatic rings. The van der Waals surface area contributed by atoms with Gasteiger partial charge in [-0.15, -0.1) is 0 Å². The summed E-state index contributed by atoms with van der Waals surface area (Å²) in [5, 5.41) is 10.7. The van der Waals surface area contributed by atoms with Gasteiger partial charge in [0.15, 0.2) is 0 Å². The lowest BCUT2D eigenvalue weighted by Gasteiger charge is -2.40. The lowest BCUT2D eigenvalue weighted by molar-refractivity contribution is -0.00653. The number of benzene rings is 1. The number of pyridine rings is 1. The second kappa shape index (κ2) is 9.31. The molecule has 1 aromatic carbocycles. The van der Waals surface area contributed by atoms with Crippen LogP contribution in [0.2, 0.25) is 0 Å². The van der Waals surface area contributed by atoms with Gasteiger partial charge in [0.05, 0.1) is 11.8 Å². The Hall–Kier alpha value is -2.54. The number of piperidine rings is 1. The van der Waals surface area contributed by atoms with Gasteiger partial charge < -0.3 is 14.4 Å². The maximum Gasteiger partial charge on any atom is 0.226 e. The fraction of sp³-hybridized carbons (Fsp3) is 0.391. The van der Waals surface area contributed by atoms with Gasteiger partial charge >= 0.3 is 0 Å². The second-order valence-electron chi connectivity index (χ2n) is 7.72. The van der Waals surface area contributed by atoms with Crippen LogP contribution < -0.4 is 0 Å². The number of likely N-dealkylation sites (N-methyl/N-ethyl adjacent to an activating group) is 1. The smallest absolute Gasteiger partial charge is 0.226 e. The lowest BCUT2D eigenvalue weighted by Crippen LogP contribution is -2.53. The summed E-state index contributed by atoms with van der Waals surface area (Å²) in [6.07, 6.45) is 5.00. The molecule has 152 valence electrons. The van der Waals surface area contributed by atoms with Crippen LogP contribution in [0.25, 0.3) is 11.5 Å². The SMILES string of the molecule is CN(CCc1ccccn1)[C@@H]1CCN(Cc2coc(-c3ccccc3)n2)C[C@H]1O. The normalized spacial score (nSPS) is 20.2. The molecule has 2 atom stereocenters. The standard InChI is InChI=1S/C23H28N4O2/c1-26(13-10-19-9-5-6-12-24-19)21-11-14-27(16-22(21)28)15-20-17-29-23(25-20)18-7-3-2-4-8-18/h2-9,12,17,21-22,28H,10-11,13-16H2,1H3/t21-,22-/m1/s1. The lowest BCUT2D eigenvalue weighted by atomic mass is 10.00. The monoisotopic (exact) mass is 392 g/mol. The van der Waals surface area contributed by atoms with E-state index in [4.69, 9.17) is 4.42 Å². The minimum absolute atomic E-state index is 0.173. The van der Waals surface area contributed by atoms with Crippen molar-refractivity contribution in [1.29, 1.82) is 0 Å². The minimum Gasteiger partial charge on any atom is -0.444 e. The van der Waals surface area contributed by atoms with Crippen molar-refractivity contribution in [2.75, 3.05) is 26.7 Å². The Labute approximate surface area is 171 Å². The van der Waals surface area contributed by atoms with E-state index in [2.05, 4.69) is 32.9 Å². The van der Waals surface area contributed by atoms with Gasteiger partial charge in [-0.3, -0.25) is 9.88 Å². The highest BCUT2D eigenvalue weighted by atomic mass is 16.3. The van der Waals surface area contributed by atoms with Crippen LogP contribution in [-0.4, -0.2) is 63.7 Å². The van der Waals surface area contributed by atoms with Crippen LogP contribution in [0.4, 0.5) is 0 Å². The molecule has 29 heavy (non-hydrogen) atoms. The van der Waals surface area contributed by atoms with Gasteiger partial charge in [0.25, 0.3) is 0 Å². The Morgan fingerprint density at radius 3 is 2.72 bits per heavy atom. The third-order valence-electron chi connectivity index (χ3n) is 5.60. The number of likely N-dealkylation sites (tertiary alicyclic amines) is 1. The van der Waals surface area contributed by atoms with E-state index in [9.17, 15) is 5.11 Å². The van der Waals surface area contributed by atoms with Gasteiger partial charge in [0.1, 0.15) is 6.26 Å². The number of rotatable bonds is 7. The van der Waals surface area contributed by atoms with E-state index in [1.165, 1.54) is 0 Å². The topological polar surface area (TPSA) is 65.6 Å². The van der Waals surface area contributed by atoms with Crippen molar-refractivity contribution >= 4 is 0 Å². The first-order valence-corrected chi connectivity index (χ1v) is 10.2. The molecular formula is C23H28N4O2. The summed E-state index contributed by atoms with van der Waals surface area (Å²) in [6, 6.07) is 16.1. The maximum absolute atomic E-state index is 10.7. The fourth-order valence-electron chi connectivity index (χ4n) is 3.97. The van der Waals surface area contributed by atoms with E-state index in [-0.39, 0.29) is 12.1 Å². The number of hydrogen-bond donors (Lipinski definition) is 1. The molecule has 3 aromatic rings. The number of aromatic nitrogens is 2. The molecule has 0 unspecified atom stereocenters. The minimum atomic E-state index is -0.377. The van der Waals surface area contributed by atoms with E-state index >= 15 is 0 Å². The van der Waals surface area contributed by atoms with Crippen LogP contribution in [0.15, 0.2) is 65.4 Å². The maximum atomic E-state index is 10.7. The highest BCUT2D eigenvalue weighted by molar-refractivity contribution is 5.52. The predicted molar refractivity (Wildman–Crippen MR) is 112 cm³/mol. The van der Waals surface area contributed by atoms with Crippen LogP contribution in [-0.2, 0) is 13.0 Å².